The second-order valence-electron chi connectivity index (χ2n) is 6.44. The normalized spacial score (nSPS) is 10.5. The van der Waals surface area contributed by atoms with Gasteiger partial charge in [0.05, 0.1) is 24.6 Å². The summed E-state index contributed by atoms with van der Waals surface area (Å²) in [5.41, 5.74) is 3.01. The minimum Gasteiger partial charge on any atom is -0.495 e. The van der Waals surface area contributed by atoms with E-state index in [0.29, 0.717) is 21.4 Å². The lowest BCUT2D eigenvalue weighted by Crippen LogP contribution is -2.32. The molecule has 8 nitrogen and oxygen atoms in total. The van der Waals surface area contributed by atoms with Gasteiger partial charge in [-0.3, -0.25) is 9.59 Å². The molecule has 0 aromatic heterocycles. The maximum absolute atomic E-state index is 12.4. The number of hydrogen-bond donors (Lipinski definition) is 2. The Hall–Kier alpha value is -3.88. The van der Waals surface area contributed by atoms with Gasteiger partial charge in [-0.05, 0) is 48.5 Å². The van der Waals surface area contributed by atoms with Gasteiger partial charge >= 0.3 is 17.8 Å². The summed E-state index contributed by atoms with van der Waals surface area (Å²) in [5, 5.41) is 6.91. The van der Waals surface area contributed by atoms with E-state index in [4.69, 9.17) is 32.7 Å². The molecule has 0 unspecified atom stereocenters. The number of rotatable bonds is 6. The average Bonchev–Trinajstić information content (AvgIpc) is 2.80. The van der Waals surface area contributed by atoms with Crippen molar-refractivity contribution >= 4 is 52.9 Å². The van der Waals surface area contributed by atoms with Crippen molar-refractivity contribution < 1.29 is 23.9 Å². The fourth-order valence-electron chi connectivity index (χ4n) is 2.62. The Labute approximate surface area is 199 Å². The van der Waals surface area contributed by atoms with Gasteiger partial charge in [0, 0.05) is 15.6 Å². The van der Waals surface area contributed by atoms with Crippen LogP contribution in [0.25, 0.3) is 0 Å². The lowest BCUT2D eigenvalue weighted by atomic mass is 10.2. The van der Waals surface area contributed by atoms with Crippen LogP contribution in [-0.4, -0.2) is 31.1 Å². The molecule has 0 fully saturated rings. The van der Waals surface area contributed by atoms with Crippen LogP contribution in [-0.2, 0) is 9.59 Å². The van der Waals surface area contributed by atoms with Gasteiger partial charge in [0.15, 0.2) is 0 Å². The zero-order valence-corrected chi connectivity index (χ0v) is 18.7. The van der Waals surface area contributed by atoms with E-state index >= 15 is 0 Å². The van der Waals surface area contributed by atoms with E-state index in [9.17, 15) is 14.4 Å². The average molecular weight is 486 g/mol. The number of nitrogens with zero attached hydrogens (tertiary/aromatic N) is 1. The van der Waals surface area contributed by atoms with Gasteiger partial charge in [-0.25, -0.2) is 10.2 Å². The van der Waals surface area contributed by atoms with Crippen molar-refractivity contribution in [2.45, 2.75) is 0 Å². The molecule has 0 heterocycles. The molecule has 168 valence electrons. The summed E-state index contributed by atoms with van der Waals surface area (Å²) in [5.74, 6) is -2.08. The summed E-state index contributed by atoms with van der Waals surface area (Å²) in [6, 6.07) is 17.4. The first kappa shape index (κ1) is 23.8. The van der Waals surface area contributed by atoms with Crippen molar-refractivity contribution in [1.82, 2.24) is 5.43 Å². The lowest BCUT2D eigenvalue weighted by molar-refractivity contribution is -0.136. The molecular weight excluding hydrogens is 469 g/mol. The lowest BCUT2D eigenvalue weighted by Gasteiger charge is -2.09. The molecule has 3 aromatic carbocycles. The maximum atomic E-state index is 12.4. The Balaban J connectivity index is 1.64. The number of amides is 2. The fraction of sp³-hybridized carbons (Fsp3) is 0.0435. The summed E-state index contributed by atoms with van der Waals surface area (Å²) >= 11 is 11.8. The molecule has 0 saturated heterocycles. The van der Waals surface area contributed by atoms with Crippen LogP contribution in [0.4, 0.5) is 5.69 Å². The Bertz CT molecular complexity index is 1230. The van der Waals surface area contributed by atoms with E-state index < -0.39 is 17.8 Å². The van der Waals surface area contributed by atoms with Gasteiger partial charge in [0.2, 0.25) is 0 Å². The summed E-state index contributed by atoms with van der Waals surface area (Å²) in [7, 11) is 1.42. The zero-order valence-electron chi connectivity index (χ0n) is 17.2. The standard InChI is InChI=1S/C23H17Cl2N3O5/c1-32-20-10-9-17(25)12-18(20)27-21(29)22(30)28-26-13-15-5-2-3-8-19(15)33-23(31)14-6-4-7-16(24)11-14/h2-13H,1H3,(H,27,29)(H,28,30)/b26-13+. The Morgan fingerprint density at radius 2 is 1.64 bits per heavy atom. The van der Waals surface area contributed by atoms with Crippen LogP contribution < -0.4 is 20.2 Å². The van der Waals surface area contributed by atoms with Gasteiger partial charge < -0.3 is 14.8 Å². The minimum atomic E-state index is -1.03. The van der Waals surface area contributed by atoms with Crippen LogP contribution in [0, 0.1) is 0 Å². The summed E-state index contributed by atoms with van der Waals surface area (Å²) in [6.07, 6.45) is 1.24. The second-order valence-corrected chi connectivity index (χ2v) is 7.31. The van der Waals surface area contributed by atoms with Crippen molar-refractivity contribution in [3.05, 3.63) is 87.9 Å². The van der Waals surface area contributed by atoms with Crippen LogP contribution in [0.5, 0.6) is 11.5 Å². The number of esters is 1. The second kappa shape index (κ2) is 11.1. The molecule has 0 spiro atoms. The van der Waals surface area contributed by atoms with Gasteiger partial charge in [-0.1, -0.05) is 41.4 Å². The Morgan fingerprint density at radius 3 is 2.39 bits per heavy atom. The summed E-state index contributed by atoms with van der Waals surface area (Å²) < 4.78 is 10.5. The molecule has 0 aliphatic carbocycles. The topological polar surface area (TPSA) is 106 Å². The molecule has 0 aliphatic heterocycles. The maximum Gasteiger partial charge on any atom is 0.343 e. The first-order valence-corrected chi connectivity index (χ1v) is 10.2. The highest BCUT2D eigenvalue weighted by molar-refractivity contribution is 6.40. The SMILES string of the molecule is COc1ccc(Cl)cc1NC(=O)C(=O)N/N=C/c1ccccc1OC(=O)c1cccc(Cl)c1. The van der Waals surface area contributed by atoms with Crippen molar-refractivity contribution in [2.75, 3.05) is 12.4 Å². The van der Waals surface area contributed by atoms with Crippen LogP contribution in [0.2, 0.25) is 10.0 Å². The van der Waals surface area contributed by atoms with E-state index in [1.54, 1.807) is 54.6 Å². The van der Waals surface area contributed by atoms with Crippen LogP contribution >= 0.6 is 23.2 Å². The highest BCUT2D eigenvalue weighted by atomic mass is 35.5. The largest absolute Gasteiger partial charge is 0.495 e. The Kier molecular flexibility index (Phi) is 8.01. The highest BCUT2D eigenvalue weighted by Gasteiger charge is 2.16. The number of anilines is 1. The van der Waals surface area contributed by atoms with Crippen molar-refractivity contribution in [3.8, 4) is 11.5 Å². The molecule has 3 rings (SSSR count). The molecule has 3 aromatic rings. The molecule has 2 amide bonds. The molecule has 0 aliphatic rings. The molecule has 0 radical (unpaired) electrons. The number of nitrogens with one attached hydrogen (secondary N) is 2. The highest BCUT2D eigenvalue weighted by Crippen LogP contribution is 2.27. The number of ether oxygens (including phenoxy) is 2. The molecule has 0 atom stereocenters. The molecule has 33 heavy (non-hydrogen) atoms. The molecule has 10 heteroatoms. The van der Waals surface area contributed by atoms with E-state index in [1.807, 2.05) is 0 Å². The first-order chi connectivity index (χ1) is 15.9. The zero-order chi connectivity index (χ0) is 23.8. The van der Waals surface area contributed by atoms with E-state index in [0.717, 1.165) is 0 Å². The van der Waals surface area contributed by atoms with Crippen LogP contribution in [0.1, 0.15) is 15.9 Å². The molecule has 0 saturated carbocycles. The predicted molar refractivity (Wildman–Crippen MR) is 125 cm³/mol. The monoisotopic (exact) mass is 485 g/mol. The number of methoxy groups -OCH3 is 1. The van der Waals surface area contributed by atoms with Gasteiger partial charge in [-0.15, -0.1) is 0 Å². The number of hydrogen-bond acceptors (Lipinski definition) is 6. The summed E-state index contributed by atoms with van der Waals surface area (Å²) in [6.45, 7) is 0. The van der Waals surface area contributed by atoms with Gasteiger partial charge in [0.1, 0.15) is 11.5 Å². The number of para-hydroxylation sites is 1. The van der Waals surface area contributed by atoms with Crippen molar-refractivity contribution in [3.63, 3.8) is 0 Å². The van der Waals surface area contributed by atoms with E-state index in [2.05, 4.69) is 15.8 Å². The number of halogens is 2. The van der Waals surface area contributed by atoms with Crippen molar-refractivity contribution in [1.29, 1.82) is 0 Å². The minimum absolute atomic E-state index is 0.202. The molecular formula is C23H17Cl2N3O5. The predicted octanol–water partition coefficient (Wildman–Crippen LogP) is 4.31. The number of benzene rings is 3. The third-order valence-electron chi connectivity index (χ3n) is 4.17. The molecule has 0 bridgehead atoms. The Morgan fingerprint density at radius 1 is 0.879 bits per heavy atom. The smallest absolute Gasteiger partial charge is 0.343 e. The van der Waals surface area contributed by atoms with Crippen LogP contribution in [0.15, 0.2) is 71.8 Å². The quantitative estimate of drug-likeness (QED) is 0.178. The third-order valence-corrected chi connectivity index (χ3v) is 4.64. The number of hydrazone groups is 1. The van der Waals surface area contributed by atoms with Crippen molar-refractivity contribution in [2.24, 2.45) is 5.10 Å². The fourth-order valence-corrected chi connectivity index (χ4v) is 2.98. The first-order valence-electron chi connectivity index (χ1n) is 9.42. The summed E-state index contributed by atoms with van der Waals surface area (Å²) in [4.78, 5) is 36.6. The number of carbonyl (C=O) groups excluding carboxylic acids is 3. The third kappa shape index (κ3) is 6.55. The van der Waals surface area contributed by atoms with Gasteiger partial charge in [0.25, 0.3) is 0 Å². The van der Waals surface area contributed by atoms with E-state index in [1.165, 1.54) is 25.5 Å². The van der Waals surface area contributed by atoms with Crippen LogP contribution in [0.3, 0.4) is 0 Å². The number of carbonyl (C=O) groups is 3. The van der Waals surface area contributed by atoms with E-state index in [-0.39, 0.29) is 17.0 Å². The molecule has 2 N–H and O–H groups in total. The van der Waals surface area contributed by atoms with Gasteiger partial charge in [-0.2, -0.15) is 5.10 Å².